The molecule has 2 rings (SSSR count). The molecule has 0 bridgehead atoms. The lowest BCUT2D eigenvalue weighted by Crippen LogP contribution is -2.14. The number of carbonyl (C=O) groups excluding carboxylic acids is 1. The van der Waals surface area contributed by atoms with Gasteiger partial charge in [-0.3, -0.25) is 19.9 Å². The summed E-state index contributed by atoms with van der Waals surface area (Å²) in [6, 6.07) is 4.44. The summed E-state index contributed by atoms with van der Waals surface area (Å²) >= 11 is 3.36. The van der Waals surface area contributed by atoms with Gasteiger partial charge in [0.1, 0.15) is 11.9 Å². The number of hydrogen-bond acceptors (Lipinski definition) is 6. The van der Waals surface area contributed by atoms with Crippen LogP contribution in [0.4, 0.5) is 11.4 Å². The van der Waals surface area contributed by atoms with Crippen molar-refractivity contribution in [2.24, 2.45) is 0 Å². The molecule has 0 aliphatic rings. The number of rotatable bonds is 7. The molecule has 0 saturated carbocycles. The topological polar surface area (TPSA) is 104 Å². The van der Waals surface area contributed by atoms with Crippen molar-refractivity contribution in [1.29, 1.82) is 0 Å². The number of nitrogens with one attached hydrogen (secondary N) is 1. The highest BCUT2D eigenvalue weighted by atomic mass is 79.9. The zero-order valence-corrected chi connectivity index (χ0v) is 15.2. The minimum absolute atomic E-state index is 0.0615. The highest BCUT2D eigenvalue weighted by Crippen LogP contribution is 2.37. The number of pyridine rings is 1. The predicted molar refractivity (Wildman–Crippen MR) is 95.3 cm³/mol. The Kier molecular flexibility index (Phi) is 6.29. The molecular weight excluding hydrogens is 394 g/mol. The van der Waals surface area contributed by atoms with Gasteiger partial charge in [-0.15, -0.1) is 0 Å². The largest absolute Gasteiger partial charge is 0.493 e. The van der Waals surface area contributed by atoms with Gasteiger partial charge in [-0.1, -0.05) is 6.92 Å². The Balaban J connectivity index is 2.31. The zero-order chi connectivity index (χ0) is 18.4. The van der Waals surface area contributed by atoms with E-state index in [1.54, 1.807) is 6.07 Å². The normalized spacial score (nSPS) is 10.2. The molecule has 1 N–H and O–H groups in total. The summed E-state index contributed by atoms with van der Waals surface area (Å²) in [5.41, 5.74) is 0.0369. The van der Waals surface area contributed by atoms with Crippen molar-refractivity contribution in [3.63, 3.8) is 0 Å². The van der Waals surface area contributed by atoms with Crippen molar-refractivity contribution in [3.8, 4) is 11.5 Å². The number of hydrogen-bond donors (Lipinski definition) is 1. The number of nitro groups is 1. The molecule has 0 saturated heterocycles. The molecule has 9 heteroatoms. The SMILES string of the molecule is CCCOc1c(Br)cc(C(=O)Nc2ccncc2[N+](=O)[O-])cc1OC. The fraction of sp³-hybridized carbons (Fsp3) is 0.250. The molecule has 0 unspecified atom stereocenters. The van der Waals surface area contributed by atoms with E-state index in [4.69, 9.17) is 9.47 Å². The Morgan fingerprint density at radius 1 is 1.44 bits per heavy atom. The number of aromatic nitrogens is 1. The van der Waals surface area contributed by atoms with E-state index >= 15 is 0 Å². The predicted octanol–water partition coefficient (Wildman–Crippen LogP) is 3.80. The molecule has 0 radical (unpaired) electrons. The summed E-state index contributed by atoms with van der Waals surface area (Å²) in [6.45, 7) is 2.48. The van der Waals surface area contributed by atoms with E-state index in [0.29, 0.717) is 22.6 Å². The summed E-state index contributed by atoms with van der Waals surface area (Å²) in [7, 11) is 1.47. The Hall–Kier alpha value is -2.68. The van der Waals surface area contributed by atoms with E-state index in [2.05, 4.69) is 26.2 Å². The van der Waals surface area contributed by atoms with Crippen LogP contribution in [0.3, 0.4) is 0 Å². The first-order chi connectivity index (χ1) is 12.0. The van der Waals surface area contributed by atoms with Crippen molar-refractivity contribution in [2.75, 3.05) is 19.0 Å². The summed E-state index contributed by atoms with van der Waals surface area (Å²) in [5, 5.41) is 13.5. The molecule has 8 nitrogen and oxygen atoms in total. The molecular formula is C16H16BrN3O5. The molecule has 0 atom stereocenters. The fourth-order valence-corrected chi connectivity index (χ4v) is 2.58. The van der Waals surface area contributed by atoms with Gasteiger partial charge >= 0.3 is 5.69 Å². The van der Waals surface area contributed by atoms with Crippen LogP contribution in [0, 0.1) is 10.1 Å². The third-order valence-corrected chi connectivity index (χ3v) is 3.78. The molecule has 132 valence electrons. The van der Waals surface area contributed by atoms with Crippen LogP contribution >= 0.6 is 15.9 Å². The second kappa shape index (κ2) is 8.43. The Morgan fingerprint density at radius 2 is 2.20 bits per heavy atom. The van der Waals surface area contributed by atoms with Gasteiger partial charge in [0, 0.05) is 11.8 Å². The van der Waals surface area contributed by atoms with Crippen LogP contribution in [-0.4, -0.2) is 29.5 Å². The Bertz CT molecular complexity index is 797. The molecule has 1 amide bonds. The van der Waals surface area contributed by atoms with Crippen LogP contribution in [0.1, 0.15) is 23.7 Å². The standard InChI is InChI=1S/C16H16BrN3O5/c1-3-6-25-15-11(17)7-10(8-14(15)24-2)16(21)19-12-4-5-18-9-13(12)20(22)23/h4-5,7-9H,3,6H2,1-2H3,(H,18,19,21). The first-order valence-electron chi connectivity index (χ1n) is 7.38. The third kappa shape index (κ3) is 4.44. The minimum Gasteiger partial charge on any atom is -0.493 e. The van der Waals surface area contributed by atoms with Gasteiger partial charge in [0.2, 0.25) is 0 Å². The smallest absolute Gasteiger partial charge is 0.310 e. The zero-order valence-electron chi connectivity index (χ0n) is 13.6. The van der Waals surface area contributed by atoms with Crippen LogP contribution in [0.2, 0.25) is 0 Å². The lowest BCUT2D eigenvalue weighted by Gasteiger charge is -2.14. The molecule has 25 heavy (non-hydrogen) atoms. The van der Waals surface area contributed by atoms with Gasteiger partial charge < -0.3 is 14.8 Å². The lowest BCUT2D eigenvalue weighted by molar-refractivity contribution is -0.384. The first-order valence-corrected chi connectivity index (χ1v) is 8.17. The molecule has 0 aliphatic heterocycles. The van der Waals surface area contributed by atoms with E-state index in [0.717, 1.165) is 12.6 Å². The van der Waals surface area contributed by atoms with E-state index in [-0.39, 0.29) is 16.9 Å². The van der Waals surface area contributed by atoms with E-state index in [1.807, 2.05) is 6.92 Å². The summed E-state index contributed by atoms with van der Waals surface area (Å²) in [6.07, 6.45) is 3.26. The van der Waals surface area contributed by atoms with Gasteiger partial charge in [0.25, 0.3) is 5.91 Å². The van der Waals surface area contributed by atoms with Crippen LogP contribution in [0.25, 0.3) is 0 Å². The number of amides is 1. The second-order valence-electron chi connectivity index (χ2n) is 4.94. The first kappa shape index (κ1) is 18.7. The van der Waals surface area contributed by atoms with Crippen molar-refractivity contribution in [3.05, 3.63) is 50.7 Å². The van der Waals surface area contributed by atoms with Crippen LogP contribution in [0.5, 0.6) is 11.5 Å². The number of halogens is 1. The number of benzene rings is 1. The van der Waals surface area contributed by atoms with E-state index in [1.165, 1.54) is 25.4 Å². The third-order valence-electron chi connectivity index (χ3n) is 3.19. The lowest BCUT2D eigenvalue weighted by atomic mass is 10.1. The van der Waals surface area contributed by atoms with Gasteiger partial charge in [-0.25, -0.2) is 0 Å². The maximum atomic E-state index is 12.5. The molecule has 2 aromatic rings. The highest BCUT2D eigenvalue weighted by molar-refractivity contribution is 9.10. The molecule has 1 aromatic carbocycles. The Labute approximate surface area is 152 Å². The second-order valence-corrected chi connectivity index (χ2v) is 5.80. The minimum atomic E-state index is -0.610. The van der Waals surface area contributed by atoms with E-state index in [9.17, 15) is 14.9 Å². The molecule has 0 spiro atoms. The number of nitrogens with zero attached hydrogens (tertiary/aromatic N) is 2. The average molecular weight is 410 g/mol. The van der Waals surface area contributed by atoms with Gasteiger partial charge in [0.15, 0.2) is 11.5 Å². The van der Waals surface area contributed by atoms with Crippen molar-refractivity contribution < 1.29 is 19.2 Å². The highest BCUT2D eigenvalue weighted by Gasteiger charge is 2.19. The molecule has 1 heterocycles. The monoisotopic (exact) mass is 409 g/mol. The number of anilines is 1. The molecule has 0 fully saturated rings. The van der Waals surface area contributed by atoms with Gasteiger partial charge in [-0.05, 0) is 40.5 Å². The molecule has 1 aromatic heterocycles. The van der Waals surface area contributed by atoms with Gasteiger partial charge in [-0.2, -0.15) is 0 Å². The molecule has 0 aliphatic carbocycles. The number of methoxy groups -OCH3 is 1. The average Bonchev–Trinajstić information content (AvgIpc) is 2.60. The maximum absolute atomic E-state index is 12.5. The Morgan fingerprint density at radius 3 is 2.84 bits per heavy atom. The van der Waals surface area contributed by atoms with Crippen molar-refractivity contribution in [2.45, 2.75) is 13.3 Å². The summed E-state index contributed by atoms with van der Waals surface area (Å²) in [5.74, 6) is 0.364. The quantitative estimate of drug-likeness (QED) is 0.550. The van der Waals surface area contributed by atoms with Gasteiger partial charge in [0.05, 0.1) is 23.1 Å². The van der Waals surface area contributed by atoms with Crippen LogP contribution < -0.4 is 14.8 Å². The number of carbonyl (C=O) groups is 1. The number of ether oxygens (including phenoxy) is 2. The summed E-state index contributed by atoms with van der Waals surface area (Å²) < 4.78 is 11.4. The van der Waals surface area contributed by atoms with Crippen molar-refractivity contribution in [1.82, 2.24) is 4.98 Å². The van der Waals surface area contributed by atoms with Crippen LogP contribution in [0.15, 0.2) is 35.1 Å². The fourth-order valence-electron chi connectivity index (χ4n) is 2.03. The van der Waals surface area contributed by atoms with E-state index < -0.39 is 10.8 Å². The maximum Gasteiger partial charge on any atom is 0.310 e. The summed E-state index contributed by atoms with van der Waals surface area (Å²) in [4.78, 5) is 26.6. The van der Waals surface area contributed by atoms with Crippen molar-refractivity contribution >= 4 is 33.2 Å². The van der Waals surface area contributed by atoms with Crippen LogP contribution in [-0.2, 0) is 0 Å².